The molecule has 0 heterocycles. The van der Waals surface area contributed by atoms with Crippen LogP contribution in [0, 0.1) is 0 Å². The molecule has 0 unspecified atom stereocenters. The Labute approximate surface area is 137 Å². The largest absolute Gasteiger partial charge is 0.478 e. The third kappa shape index (κ3) is 3.51. The van der Waals surface area contributed by atoms with E-state index in [4.69, 9.17) is 5.11 Å². The van der Waals surface area contributed by atoms with Crippen LogP contribution in [0.3, 0.4) is 0 Å². The number of carboxylic acids is 1. The van der Waals surface area contributed by atoms with Gasteiger partial charge in [0.05, 0.1) is 0 Å². The molecule has 0 radical (unpaired) electrons. The summed E-state index contributed by atoms with van der Waals surface area (Å²) in [6.45, 7) is 0. The summed E-state index contributed by atoms with van der Waals surface area (Å²) in [6.07, 6.45) is -10.4. The van der Waals surface area contributed by atoms with Gasteiger partial charge in [0.1, 0.15) is 0 Å². The fourth-order valence-electron chi connectivity index (χ4n) is 1.26. The molecule has 0 rings (SSSR count). The van der Waals surface area contributed by atoms with E-state index in [9.17, 15) is 70.7 Å². The van der Waals surface area contributed by atoms with E-state index in [1.807, 2.05) is 0 Å². The molecule has 160 valence electrons. The first-order valence-corrected chi connectivity index (χ1v) is 5.67. The van der Waals surface area contributed by atoms with Crippen molar-refractivity contribution in [2.24, 2.45) is 0 Å². The van der Waals surface area contributed by atoms with E-state index in [0.29, 0.717) is 0 Å². The van der Waals surface area contributed by atoms with Crippen molar-refractivity contribution in [1.29, 1.82) is 0 Å². The van der Waals surface area contributed by atoms with Crippen LogP contribution in [-0.2, 0) is 4.79 Å². The molecule has 0 fully saturated rings. The van der Waals surface area contributed by atoms with Gasteiger partial charge in [-0.1, -0.05) is 0 Å². The van der Waals surface area contributed by atoms with Crippen molar-refractivity contribution in [2.75, 3.05) is 0 Å². The van der Waals surface area contributed by atoms with Gasteiger partial charge in [0.2, 0.25) is 0 Å². The second-order valence-corrected chi connectivity index (χ2v) is 4.66. The number of allylic oxidation sites excluding steroid dienone is 1. The molecular formula is C10H3F15O2. The summed E-state index contributed by atoms with van der Waals surface area (Å²) in [7, 11) is 0. The van der Waals surface area contributed by atoms with Crippen molar-refractivity contribution in [2.45, 2.75) is 41.7 Å². The number of carboxylic acid groups (broad SMARTS) is 1. The van der Waals surface area contributed by atoms with Gasteiger partial charge in [-0.05, 0) is 6.08 Å². The average molecular weight is 440 g/mol. The second-order valence-electron chi connectivity index (χ2n) is 4.66. The molecule has 0 aliphatic rings. The van der Waals surface area contributed by atoms with Crippen molar-refractivity contribution in [3.05, 3.63) is 12.2 Å². The van der Waals surface area contributed by atoms with Crippen LogP contribution < -0.4 is 0 Å². The molecule has 27 heavy (non-hydrogen) atoms. The molecular weight excluding hydrogens is 437 g/mol. The zero-order chi connectivity index (χ0) is 22.5. The summed E-state index contributed by atoms with van der Waals surface area (Å²) in [5.41, 5.74) is 0. The highest BCUT2D eigenvalue weighted by molar-refractivity contribution is 5.79. The van der Waals surface area contributed by atoms with Gasteiger partial charge in [0, 0.05) is 6.08 Å². The third-order valence-corrected chi connectivity index (χ3v) is 2.79. The molecule has 17 heteroatoms. The molecule has 0 bridgehead atoms. The number of carbonyl (C=O) groups is 1. The van der Waals surface area contributed by atoms with E-state index in [1.54, 1.807) is 0 Å². The number of hydrogen-bond donors (Lipinski definition) is 1. The van der Waals surface area contributed by atoms with Gasteiger partial charge in [-0.15, -0.1) is 0 Å². The van der Waals surface area contributed by atoms with E-state index < -0.39 is 59.8 Å². The van der Waals surface area contributed by atoms with E-state index in [2.05, 4.69) is 0 Å². The molecule has 0 aliphatic heterocycles. The van der Waals surface area contributed by atoms with Crippen molar-refractivity contribution in [3.8, 4) is 0 Å². The first-order valence-electron chi connectivity index (χ1n) is 5.67. The van der Waals surface area contributed by atoms with Gasteiger partial charge in [-0.2, -0.15) is 65.9 Å². The minimum Gasteiger partial charge on any atom is -0.478 e. The van der Waals surface area contributed by atoms with Crippen LogP contribution in [0.4, 0.5) is 65.9 Å². The summed E-state index contributed by atoms with van der Waals surface area (Å²) in [5, 5.41) is 7.89. The molecule has 0 aromatic rings. The van der Waals surface area contributed by atoms with Crippen LogP contribution in [0.2, 0.25) is 0 Å². The summed E-state index contributed by atoms with van der Waals surface area (Å²) < 4.78 is 190. The molecule has 0 saturated heterocycles. The van der Waals surface area contributed by atoms with Crippen LogP contribution in [0.1, 0.15) is 0 Å². The minimum absolute atomic E-state index is 1.02. The smallest absolute Gasteiger partial charge is 0.460 e. The number of alkyl halides is 15. The van der Waals surface area contributed by atoms with Crippen LogP contribution in [-0.4, -0.2) is 52.8 Å². The number of aliphatic carboxylic acids is 1. The summed E-state index contributed by atoms with van der Waals surface area (Å²) in [4.78, 5) is 9.88. The molecule has 0 aromatic heterocycles. The Bertz CT molecular complexity index is 600. The lowest BCUT2D eigenvalue weighted by atomic mass is 9.91. The van der Waals surface area contributed by atoms with Gasteiger partial charge in [0.15, 0.2) is 0 Å². The fraction of sp³-hybridized carbons (Fsp3) is 0.700. The van der Waals surface area contributed by atoms with Crippen LogP contribution in [0.25, 0.3) is 0 Å². The zero-order valence-electron chi connectivity index (χ0n) is 11.7. The highest BCUT2D eigenvalue weighted by Crippen LogP contribution is 2.62. The van der Waals surface area contributed by atoms with E-state index in [1.165, 1.54) is 0 Å². The van der Waals surface area contributed by atoms with E-state index in [-0.39, 0.29) is 0 Å². The minimum atomic E-state index is -8.39. The lowest BCUT2D eigenvalue weighted by Gasteiger charge is -2.41. The normalized spacial score (nSPS) is 16.1. The zero-order valence-corrected chi connectivity index (χ0v) is 11.7. The van der Waals surface area contributed by atoms with Crippen LogP contribution in [0.5, 0.6) is 0 Å². The van der Waals surface area contributed by atoms with Gasteiger partial charge in [-0.3, -0.25) is 0 Å². The molecule has 0 amide bonds. The average Bonchev–Trinajstić information content (AvgIpc) is 2.42. The third-order valence-electron chi connectivity index (χ3n) is 2.79. The van der Waals surface area contributed by atoms with Crippen molar-refractivity contribution < 1.29 is 75.8 Å². The second kappa shape index (κ2) is 6.35. The van der Waals surface area contributed by atoms with E-state index >= 15 is 0 Å². The molecule has 0 saturated carbocycles. The Balaban J connectivity index is 6.51. The maximum absolute atomic E-state index is 13.1. The maximum atomic E-state index is 13.1. The fourth-order valence-corrected chi connectivity index (χ4v) is 1.26. The van der Waals surface area contributed by atoms with Gasteiger partial charge >= 0.3 is 47.7 Å². The SMILES string of the molecule is O=C(O)C=CC(F)(F)C(F)(F)C(F)(F)C(F)(F)C(F)(F)C(F)(F)C(F)(F)F. The Morgan fingerprint density at radius 1 is 0.556 bits per heavy atom. The lowest BCUT2D eigenvalue weighted by Crippen LogP contribution is -2.72. The topological polar surface area (TPSA) is 37.3 Å². The highest BCUT2D eigenvalue weighted by atomic mass is 19.4. The highest BCUT2D eigenvalue weighted by Gasteiger charge is 2.93. The number of hydrogen-bond acceptors (Lipinski definition) is 1. The summed E-state index contributed by atoms with van der Waals surface area (Å²) in [6, 6.07) is 0. The van der Waals surface area contributed by atoms with Crippen molar-refractivity contribution in [3.63, 3.8) is 0 Å². The van der Waals surface area contributed by atoms with E-state index in [0.717, 1.165) is 0 Å². The number of rotatable bonds is 7. The Morgan fingerprint density at radius 2 is 0.852 bits per heavy atom. The first-order chi connectivity index (χ1) is 11.4. The Hall–Kier alpha value is -1.84. The molecule has 0 atom stereocenters. The predicted octanol–water partition coefficient (Wildman–Crippen LogP) is 5.00. The molecule has 0 aliphatic carbocycles. The Kier molecular flexibility index (Phi) is 5.92. The summed E-state index contributed by atoms with van der Waals surface area (Å²) >= 11 is 0. The van der Waals surface area contributed by atoms with Crippen LogP contribution in [0.15, 0.2) is 12.2 Å². The van der Waals surface area contributed by atoms with Gasteiger partial charge in [-0.25, -0.2) is 4.79 Å². The predicted molar refractivity (Wildman–Crippen MR) is 52.5 cm³/mol. The summed E-state index contributed by atoms with van der Waals surface area (Å²) in [5.74, 6) is -49.9. The quantitative estimate of drug-likeness (QED) is 0.447. The maximum Gasteiger partial charge on any atom is 0.460 e. The van der Waals surface area contributed by atoms with Crippen molar-refractivity contribution in [1.82, 2.24) is 0 Å². The molecule has 0 aromatic carbocycles. The number of halogens is 15. The monoisotopic (exact) mass is 440 g/mol. The van der Waals surface area contributed by atoms with Crippen LogP contribution >= 0.6 is 0 Å². The molecule has 2 nitrogen and oxygen atoms in total. The van der Waals surface area contributed by atoms with Gasteiger partial charge < -0.3 is 5.11 Å². The first kappa shape index (κ1) is 25.2. The van der Waals surface area contributed by atoms with Gasteiger partial charge in [0.25, 0.3) is 0 Å². The molecule has 0 spiro atoms. The molecule has 1 N–H and O–H groups in total. The van der Waals surface area contributed by atoms with Crippen molar-refractivity contribution >= 4 is 5.97 Å². The Morgan fingerprint density at radius 3 is 1.15 bits per heavy atom. The lowest BCUT2D eigenvalue weighted by molar-refractivity contribution is -0.449. The standard InChI is InChI=1S/C10H3F15O2/c11-4(12,2-1-3(26)27)5(13,14)6(15,16)7(17,18)8(19,20)9(21,22)10(23,24)25/h1-2H,(H,26,27).